The van der Waals surface area contributed by atoms with Gasteiger partial charge in [-0.05, 0) is 30.4 Å². The van der Waals surface area contributed by atoms with Crippen LogP contribution < -0.4 is 0 Å². The van der Waals surface area contributed by atoms with E-state index in [4.69, 9.17) is 0 Å². The number of rotatable bonds is 6. The molecular formula is C14H28S. The lowest BCUT2D eigenvalue weighted by molar-refractivity contribution is 0.343. The molecule has 1 heteroatoms. The standard InChI is InChI=1S/C14H28S/c1-4-7-13-8-6-9-14(10-13)15-11-12(3)5-2/h12-14H,4-11H2,1-3H3. The maximum Gasteiger partial charge on any atom is 0.00497 e. The van der Waals surface area contributed by atoms with E-state index < -0.39 is 0 Å². The second-order valence-corrected chi connectivity index (χ2v) is 6.62. The van der Waals surface area contributed by atoms with Crippen LogP contribution in [0.15, 0.2) is 0 Å². The molecule has 0 aromatic heterocycles. The predicted octanol–water partition coefficient (Wildman–Crippen LogP) is 5.12. The molecule has 0 aromatic carbocycles. The maximum atomic E-state index is 2.39. The summed E-state index contributed by atoms with van der Waals surface area (Å²) < 4.78 is 0. The minimum Gasteiger partial charge on any atom is -0.158 e. The average Bonchev–Trinajstić information content (AvgIpc) is 2.27. The molecule has 0 N–H and O–H groups in total. The van der Waals surface area contributed by atoms with Crippen LogP contribution in [-0.2, 0) is 0 Å². The Bertz CT molecular complexity index is 153. The lowest BCUT2D eigenvalue weighted by atomic mass is 9.86. The third-order valence-electron chi connectivity index (χ3n) is 3.74. The van der Waals surface area contributed by atoms with E-state index in [1.165, 1.54) is 50.7 Å². The predicted molar refractivity (Wildman–Crippen MR) is 72.6 cm³/mol. The lowest BCUT2D eigenvalue weighted by Gasteiger charge is -2.29. The summed E-state index contributed by atoms with van der Waals surface area (Å²) in [7, 11) is 0. The molecule has 1 saturated carbocycles. The normalized spacial score (nSPS) is 29.0. The highest BCUT2D eigenvalue weighted by molar-refractivity contribution is 7.99. The molecule has 1 fully saturated rings. The summed E-state index contributed by atoms with van der Waals surface area (Å²) >= 11 is 2.26. The van der Waals surface area contributed by atoms with E-state index in [-0.39, 0.29) is 0 Å². The van der Waals surface area contributed by atoms with Gasteiger partial charge in [0.25, 0.3) is 0 Å². The molecule has 3 unspecified atom stereocenters. The smallest absolute Gasteiger partial charge is 0.00497 e. The second kappa shape index (κ2) is 7.60. The van der Waals surface area contributed by atoms with E-state index in [1.54, 1.807) is 0 Å². The Morgan fingerprint density at radius 3 is 2.73 bits per heavy atom. The van der Waals surface area contributed by atoms with E-state index in [9.17, 15) is 0 Å². The Balaban J connectivity index is 2.18. The summed E-state index contributed by atoms with van der Waals surface area (Å²) in [5.41, 5.74) is 0. The third-order valence-corrected chi connectivity index (χ3v) is 5.41. The second-order valence-electron chi connectivity index (χ2n) is 5.29. The molecule has 1 rings (SSSR count). The van der Waals surface area contributed by atoms with Crippen molar-refractivity contribution in [3.05, 3.63) is 0 Å². The van der Waals surface area contributed by atoms with E-state index in [2.05, 4.69) is 32.5 Å². The Labute approximate surface area is 101 Å². The van der Waals surface area contributed by atoms with Crippen molar-refractivity contribution in [3.8, 4) is 0 Å². The molecule has 0 saturated heterocycles. The Morgan fingerprint density at radius 1 is 1.27 bits per heavy atom. The van der Waals surface area contributed by atoms with Crippen LogP contribution in [0.5, 0.6) is 0 Å². The molecular weight excluding hydrogens is 200 g/mol. The monoisotopic (exact) mass is 228 g/mol. The molecule has 15 heavy (non-hydrogen) atoms. The summed E-state index contributed by atoms with van der Waals surface area (Å²) in [5, 5.41) is 0.990. The van der Waals surface area contributed by atoms with Crippen LogP contribution in [-0.4, -0.2) is 11.0 Å². The highest BCUT2D eigenvalue weighted by Gasteiger charge is 2.21. The van der Waals surface area contributed by atoms with Crippen LogP contribution in [0.4, 0.5) is 0 Å². The van der Waals surface area contributed by atoms with Crippen molar-refractivity contribution in [2.45, 2.75) is 71.0 Å². The summed E-state index contributed by atoms with van der Waals surface area (Å²) in [6.07, 6.45) is 10.2. The summed E-state index contributed by atoms with van der Waals surface area (Å²) in [5.74, 6) is 3.36. The molecule has 0 bridgehead atoms. The molecule has 0 aliphatic heterocycles. The van der Waals surface area contributed by atoms with Crippen molar-refractivity contribution in [2.24, 2.45) is 11.8 Å². The fourth-order valence-corrected chi connectivity index (χ4v) is 4.06. The van der Waals surface area contributed by atoms with Gasteiger partial charge < -0.3 is 0 Å². The van der Waals surface area contributed by atoms with Gasteiger partial charge in [-0.25, -0.2) is 0 Å². The van der Waals surface area contributed by atoms with Gasteiger partial charge in [-0.15, -0.1) is 0 Å². The highest BCUT2D eigenvalue weighted by Crippen LogP contribution is 2.35. The van der Waals surface area contributed by atoms with E-state index in [1.807, 2.05) is 0 Å². The van der Waals surface area contributed by atoms with Crippen molar-refractivity contribution in [1.29, 1.82) is 0 Å². The minimum atomic E-state index is 0.918. The van der Waals surface area contributed by atoms with Crippen molar-refractivity contribution >= 4 is 11.8 Å². The Morgan fingerprint density at radius 2 is 2.07 bits per heavy atom. The van der Waals surface area contributed by atoms with Crippen molar-refractivity contribution in [1.82, 2.24) is 0 Å². The van der Waals surface area contributed by atoms with Crippen LogP contribution in [0.25, 0.3) is 0 Å². The fraction of sp³-hybridized carbons (Fsp3) is 1.00. The Hall–Kier alpha value is 0.350. The van der Waals surface area contributed by atoms with Gasteiger partial charge >= 0.3 is 0 Å². The van der Waals surface area contributed by atoms with Gasteiger partial charge in [-0.3, -0.25) is 0 Å². The van der Waals surface area contributed by atoms with Crippen LogP contribution in [0.2, 0.25) is 0 Å². The zero-order chi connectivity index (χ0) is 11.1. The van der Waals surface area contributed by atoms with Crippen LogP contribution in [0.1, 0.15) is 65.7 Å². The summed E-state index contributed by atoms with van der Waals surface area (Å²) in [4.78, 5) is 0. The molecule has 3 atom stereocenters. The molecule has 0 aromatic rings. The van der Waals surface area contributed by atoms with Gasteiger partial charge in [0, 0.05) is 5.25 Å². The molecule has 1 aliphatic carbocycles. The minimum absolute atomic E-state index is 0.918. The molecule has 0 radical (unpaired) electrons. The molecule has 0 nitrogen and oxygen atoms in total. The van der Waals surface area contributed by atoms with Crippen molar-refractivity contribution < 1.29 is 0 Å². The van der Waals surface area contributed by atoms with Gasteiger partial charge in [0.15, 0.2) is 0 Å². The van der Waals surface area contributed by atoms with Crippen molar-refractivity contribution in [3.63, 3.8) is 0 Å². The van der Waals surface area contributed by atoms with Gasteiger partial charge in [-0.2, -0.15) is 11.8 Å². The van der Waals surface area contributed by atoms with Crippen LogP contribution >= 0.6 is 11.8 Å². The summed E-state index contributed by atoms with van der Waals surface area (Å²) in [6, 6.07) is 0. The maximum absolute atomic E-state index is 2.39. The average molecular weight is 228 g/mol. The fourth-order valence-electron chi connectivity index (χ4n) is 2.48. The van der Waals surface area contributed by atoms with E-state index in [0.717, 1.165) is 17.1 Å². The SMILES string of the molecule is CCCC1CCCC(SCC(C)CC)C1. The van der Waals surface area contributed by atoms with Crippen LogP contribution in [0, 0.1) is 11.8 Å². The third kappa shape index (κ3) is 5.29. The molecule has 0 amide bonds. The number of thioether (sulfide) groups is 1. The molecule has 1 aliphatic rings. The first-order valence-electron chi connectivity index (χ1n) is 6.87. The highest BCUT2D eigenvalue weighted by atomic mass is 32.2. The number of hydrogen-bond donors (Lipinski definition) is 0. The number of hydrogen-bond acceptors (Lipinski definition) is 1. The first-order valence-corrected chi connectivity index (χ1v) is 7.92. The zero-order valence-electron chi connectivity index (χ0n) is 10.8. The topological polar surface area (TPSA) is 0 Å². The molecule has 0 heterocycles. The molecule has 90 valence electrons. The van der Waals surface area contributed by atoms with Gasteiger partial charge in [-0.1, -0.05) is 52.9 Å². The zero-order valence-corrected chi connectivity index (χ0v) is 11.6. The largest absolute Gasteiger partial charge is 0.158 e. The van der Waals surface area contributed by atoms with Gasteiger partial charge in [0.05, 0.1) is 0 Å². The quantitative estimate of drug-likeness (QED) is 0.607. The van der Waals surface area contributed by atoms with E-state index in [0.29, 0.717) is 0 Å². The summed E-state index contributed by atoms with van der Waals surface area (Å²) in [6.45, 7) is 7.03. The van der Waals surface area contributed by atoms with Gasteiger partial charge in [0.1, 0.15) is 0 Å². The first kappa shape index (κ1) is 13.4. The lowest BCUT2D eigenvalue weighted by Crippen LogP contribution is -2.18. The van der Waals surface area contributed by atoms with E-state index >= 15 is 0 Å². The van der Waals surface area contributed by atoms with Crippen molar-refractivity contribution in [2.75, 3.05) is 5.75 Å². The molecule has 0 spiro atoms. The van der Waals surface area contributed by atoms with Crippen LogP contribution in [0.3, 0.4) is 0 Å². The Kier molecular flexibility index (Phi) is 6.79. The van der Waals surface area contributed by atoms with Gasteiger partial charge in [0.2, 0.25) is 0 Å². The first-order chi connectivity index (χ1) is 7.26.